The fourth-order valence-corrected chi connectivity index (χ4v) is 8.02. The van der Waals surface area contributed by atoms with Gasteiger partial charge in [-0.15, -0.1) is 0 Å². The molecule has 2 saturated carbocycles. The van der Waals surface area contributed by atoms with E-state index in [-0.39, 0.29) is 35.7 Å². The molecule has 6 atom stereocenters. The molecule has 0 saturated heterocycles. The van der Waals surface area contributed by atoms with E-state index < -0.39 is 79.4 Å². The lowest BCUT2D eigenvalue weighted by Gasteiger charge is -2.33. The summed E-state index contributed by atoms with van der Waals surface area (Å²) in [7, 11) is 0. The number of hydrogen-bond donors (Lipinski definition) is 0. The van der Waals surface area contributed by atoms with Gasteiger partial charge in [0.1, 0.15) is 29.5 Å². The highest BCUT2D eigenvalue weighted by atomic mass is 16.7. The maximum absolute atomic E-state index is 13.5. The molecule has 69 heavy (non-hydrogen) atoms. The van der Waals surface area contributed by atoms with Crippen LogP contribution in [0.25, 0.3) is 0 Å². The Morgan fingerprint density at radius 1 is 0.522 bits per heavy atom. The summed E-state index contributed by atoms with van der Waals surface area (Å²) in [6.45, 7) is 19.5. The Balaban J connectivity index is 1.11. The Morgan fingerprint density at radius 2 is 0.942 bits per heavy atom. The first-order valence-electron chi connectivity index (χ1n) is 22.4. The molecule has 0 N–H and O–H groups in total. The molecule has 5 rings (SSSR count). The van der Waals surface area contributed by atoms with Gasteiger partial charge in [-0.2, -0.15) is 0 Å². The zero-order valence-electron chi connectivity index (χ0n) is 39.7. The van der Waals surface area contributed by atoms with Crippen molar-refractivity contribution in [2.75, 3.05) is 20.4 Å². The van der Waals surface area contributed by atoms with Crippen molar-refractivity contribution >= 4 is 41.8 Å². The molecular formula is C52H58O17. The molecule has 0 amide bonds. The van der Waals surface area contributed by atoms with Crippen LogP contribution in [0.1, 0.15) is 95.3 Å². The van der Waals surface area contributed by atoms with Gasteiger partial charge in [0.05, 0.1) is 23.0 Å². The normalized spacial score (nSPS) is 19.6. The van der Waals surface area contributed by atoms with Crippen molar-refractivity contribution in [3.63, 3.8) is 0 Å². The summed E-state index contributed by atoms with van der Waals surface area (Å²) in [5.74, 6) is -4.00. The Hall–Kier alpha value is -7.43. The summed E-state index contributed by atoms with van der Waals surface area (Å²) in [6, 6.07) is 10.9. The summed E-state index contributed by atoms with van der Waals surface area (Å²) in [4.78, 5) is 87.9. The first-order chi connectivity index (χ1) is 32.9. The van der Waals surface area contributed by atoms with Crippen LogP contribution in [0.2, 0.25) is 0 Å². The van der Waals surface area contributed by atoms with Crippen molar-refractivity contribution in [1.82, 2.24) is 0 Å². The number of ether oxygens (including phenoxy) is 10. The van der Waals surface area contributed by atoms with Gasteiger partial charge in [-0.3, -0.25) is 9.59 Å². The third kappa shape index (κ3) is 14.3. The topological polar surface area (TPSA) is 212 Å². The van der Waals surface area contributed by atoms with E-state index in [4.69, 9.17) is 47.4 Å². The van der Waals surface area contributed by atoms with Crippen molar-refractivity contribution in [3.8, 4) is 28.7 Å². The summed E-state index contributed by atoms with van der Waals surface area (Å²) < 4.78 is 54.9. The second-order valence-corrected chi connectivity index (χ2v) is 16.9. The van der Waals surface area contributed by atoms with Gasteiger partial charge in [0, 0.05) is 18.2 Å². The van der Waals surface area contributed by atoms with E-state index in [2.05, 4.69) is 19.7 Å². The highest BCUT2D eigenvalue weighted by molar-refractivity contribution is 5.91. The number of rotatable bonds is 20. The molecule has 0 heterocycles. The molecule has 17 nitrogen and oxygen atoms in total. The number of aryl methyl sites for hydroxylation is 2. The Bertz CT molecular complexity index is 2450. The average Bonchev–Trinajstić information content (AvgIpc) is 3.33. The fourth-order valence-electron chi connectivity index (χ4n) is 8.02. The number of carbonyl (C=O) groups is 7. The van der Waals surface area contributed by atoms with Crippen LogP contribution in [0.4, 0.5) is 0 Å². The maximum atomic E-state index is 13.5. The van der Waals surface area contributed by atoms with E-state index in [1.807, 2.05) is 13.8 Å². The molecule has 2 fully saturated rings. The van der Waals surface area contributed by atoms with Gasteiger partial charge >= 0.3 is 41.8 Å². The van der Waals surface area contributed by atoms with Gasteiger partial charge in [0.15, 0.2) is 11.5 Å². The third-order valence-corrected chi connectivity index (χ3v) is 12.1. The minimum Gasteiger partial charge on any atom is -0.458 e. The number of hydrogen-bond acceptors (Lipinski definition) is 17. The summed E-state index contributed by atoms with van der Waals surface area (Å²) in [6.07, 6.45) is 4.60. The van der Waals surface area contributed by atoms with Gasteiger partial charge in [-0.1, -0.05) is 33.6 Å². The molecule has 3 aromatic rings. The molecule has 6 unspecified atom stereocenters. The lowest BCUT2D eigenvalue weighted by Crippen LogP contribution is -2.36. The highest BCUT2D eigenvalue weighted by Crippen LogP contribution is 2.38. The molecule has 3 aromatic carbocycles. The quantitative estimate of drug-likeness (QED) is 0.0343. The van der Waals surface area contributed by atoms with Gasteiger partial charge in [0.25, 0.3) is 0 Å². The molecule has 0 spiro atoms. The zero-order chi connectivity index (χ0) is 50.4. The van der Waals surface area contributed by atoms with Crippen LogP contribution in [0, 0.1) is 51.4 Å². The lowest BCUT2D eigenvalue weighted by molar-refractivity contribution is -0.146. The maximum Gasteiger partial charge on any atom is 0.338 e. The number of esters is 7. The predicted octanol–water partition coefficient (Wildman–Crippen LogP) is 8.25. The van der Waals surface area contributed by atoms with Gasteiger partial charge in [0.2, 0.25) is 20.4 Å². The van der Waals surface area contributed by atoms with Crippen LogP contribution >= 0.6 is 0 Å². The van der Waals surface area contributed by atoms with Crippen LogP contribution in [-0.4, -0.2) is 74.4 Å². The summed E-state index contributed by atoms with van der Waals surface area (Å²) in [5, 5.41) is 0. The van der Waals surface area contributed by atoms with Crippen molar-refractivity contribution < 1.29 is 80.9 Å². The van der Waals surface area contributed by atoms with E-state index in [0.29, 0.717) is 83.6 Å². The van der Waals surface area contributed by atoms with Crippen molar-refractivity contribution in [1.29, 1.82) is 0 Å². The first kappa shape index (κ1) is 52.5. The molecule has 0 aromatic heterocycles. The van der Waals surface area contributed by atoms with Crippen LogP contribution in [0.3, 0.4) is 0 Å². The fraction of sp³-hybridized carbons (Fsp3) is 0.404. The monoisotopic (exact) mass is 954 g/mol. The zero-order valence-corrected chi connectivity index (χ0v) is 39.7. The number of carbonyl (C=O) groups excluding carboxylic acids is 7. The highest BCUT2D eigenvalue weighted by Gasteiger charge is 2.37. The predicted molar refractivity (Wildman–Crippen MR) is 246 cm³/mol. The van der Waals surface area contributed by atoms with Gasteiger partial charge in [-0.25, -0.2) is 24.0 Å². The Labute approximate surface area is 400 Å². The van der Waals surface area contributed by atoms with Crippen LogP contribution in [0.15, 0.2) is 80.4 Å². The van der Waals surface area contributed by atoms with E-state index in [9.17, 15) is 33.6 Å². The molecule has 2 aliphatic carbocycles. The smallest absolute Gasteiger partial charge is 0.338 e. The molecular weight excluding hydrogens is 897 g/mol. The summed E-state index contributed by atoms with van der Waals surface area (Å²) >= 11 is 0. The lowest BCUT2D eigenvalue weighted by atomic mass is 9.80. The van der Waals surface area contributed by atoms with E-state index in [1.54, 1.807) is 58.0 Å². The van der Waals surface area contributed by atoms with Gasteiger partial charge < -0.3 is 47.4 Å². The van der Waals surface area contributed by atoms with Crippen molar-refractivity contribution in [2.24, 2.45) is 23.7 Å². The average molecular weight is 955 g/mol. The second-order valence-electron chi connectivity index (χ2n) is 16.9. The van der Waals surface area contributed by atoms with Crippen LogP contribution < -0.4 is 23.7 Å². The van der Waals surface area contributed by atoms with E-state index >= 15 is 0 Å². The molecule has 0 bridgehead atoms. The van der Waals surface area contributed by atoms with Crippen LogP contribution in [-0.2, 0) is 47.7 Å². The Kier molecular flexibility index (Phi) is 18.7. The summed E-state index contributed by atoms with van der Waals surface area (Å²) in [5.41, 5.74) is 2.81. The van der Waals surface area contributed by atoms with E-state index in [0.717, 1.165) is 18.2 Å². The minimum absolute atomic E-state index is 0.0240. The molecule has 0 radical (unpaired) electrons. The van der Waals surface area contributed by atoms with Crippen molar-refractivity contribution in [2.45, 2.75) is 92.3 Å². The SMILES string of the molecule is C=CC(=O)OCOc1ccc(C(=O)OC2CCC(C(=O)Oc3ccc(OC(=O)C4CCC(OC(=O)c5cc(C)c(OCOC(=O)C=C)c(OCOC(=O)C=C)c5)C(C)C4)c(C)c3C)CC2C)cc1C. The second kappa shape index (κ2) is 24.5. The Morgan fingerprint density at radius 3 is 1.39 bits per heavy atom. The third-order valence-electron chi connectivity index (χ3n) is 12.1. The van der Waals surface area contributed by atoms with Gasteiger partial charge in [-0.05, 0) is 143 Å². The standard InChI is InChI=1S/C52H58O17/c1-10-45(53)62-26-60-39-16-13-35(21-29(39)4)49(56)66-40-17-14-36(22-30(40)5)50(57)68-42-19-20-43(34(9)33(42)8)69-51(58)37-15-18-41(31(6)23-37)67-52(59)38-24-32(7)48(65-28-64-47(55)12-3)44(25-38)61-27-63-46(54)11-2/h10-13,16,19-21,24-25,30-31,36-37,40-41H,1-3,14-15,17-18,22-23,26-28H2,4-9H3. The molecule has 368 valence electrons. The molecule has 2 aliphatic rings. The minimum atomic E-state index is -0.734. The van der Waals surface area contributed by atoms with Crippen molar-refractivity contribution in [3.05, 3.63) is 114 Å². The van der Waals surface area contributed by atoms with Crippen LogP contribution in [0.5, 0.6) is 28.7 Å². The largest absolute Gasteiger partial charge is 0.458 e. The number of benzene rings is 3. The molecule has 0 aliphatic heterocycles. The first-order valence-corrected chi connectivity index (χ1v) is 22.4. The van der Waals surface area contributed by atoms with E-state index in [1.165, 1.54) is 12.1 Å². The molecule has 17 heteroatoms.